The highest BCUT2D eigenvalue weighted by Gasteiger charge is 2.33. The number of rotatable bonds is 4. The molecule has 0 bridgehead atoms. The number of ketones is 3. The van der Waals surface area contributed by atoms with Gasteiger partial charge in [-0.3, -0.25) is 14.4 Å². The molecule has 1 aliphatic rings. The minimum atomic E-state index is -0.815. The van der Waals surface area contributed by atoms with Crippen LogP contribution < -0.4 is 0 Å². The number of fused-ring (bicyclic) bond motifs is 2. The Kier molecular flexibility index (Phi) is 4.88. The Morgan fingerprint density at radius 2 is 1.43 bits per heavy atom. The molecule has 0 heterocycles. The van der Waals surface area contributed by atoms with Crippen LogP contribution in [-0.2, 0) is 4.74 Å². The summed E-state index contributed by atoms with van der Waals surface area (Å²) in [6.07, 6.45) is 0. The summed E-state index contributed by atoms with van der Waals surface area (Å²) in [5, 5.41) is 0. The normalized spacial score (nSPS) is 12.2. The summed E-state index contributed by atoms with van der Waals surface area (Å²) in [7, 11) is 0. The minimum absolute atomic E-state index is 0.0184. The number of Topliss-reactive ketones (excluding diaryl/α,β-unsaturated/α-hetero) is 1. The van der Waals surface area contributed by atoms with E-state index in [0.29, 0.717) is 11.1 Å². The molecule has 1 aliphatic carbocycles. The van der Waals surface area contributed by atoms with Crippen LogP contribution in [0.4, 0.5) is 0 Å². The lowest BCUT2D eigenvalue weighted by Crippen LogP contribution is -2.25. The van der Waals surface area contributed by atoms with Crippen molar-refractivity contribution in [2.75, 3.05) is 6.61 Å². The second-order valence-corrected chi connectivity index (χ2v) is 7.23. The molecular weight excluding hydrogens is 380 g/mol. The van der Waals surface area contributed by atoms with Gasteiger partial charge in [0.15, 0.2) is 24.0 Å². The van der Waals surface area contributed by atoms with Crippen molar-refractivity contribution in [3.63, 3.8) is 0 Å². The monoisotopic (exact) mass is 398 g/mol. The molecule has 0 aliphatic heterocycles. The average molecular weight is 398 g/mol. The second kappa shape index (κ2) is 7.52. The van der Waals surface area contributed by atoms with Crippen LogP contribution in [0.5, 0.6) is 0 Å². The van der Waals surface area contributed by atoms with E-state index in [0.717, 1.165) is 11.1 Å². The van der Waals surface area contributed by atoms with E-state index in [-0.39, 0.29) is 33.8 Å². The van der Waals surface area contributed by atoms with Crippen LogP contribution in [0.1, 0.15) is 63.7 Å². The van der Waals surface area contributed by atoms with Crippen LogP contribution in [0.25, 0.3) is 0 Å². The molecule has 30 heavy (non-hydrogen) atoms. The van der Waals surface area contributed by atoms with Gasteiger partial charge in [0.2, 0.25) is 0 Å². The van der Waals surface area contributed by atoms with Crippen LogP contribution in [0.15, 0.2) is 60.7 Å². The first kappa shape index (κ1) is 19.5. The van der Waals surface area contributed by atoms with E-state index in [1.54, 1.807) is 36.4 Å². The van der Waals surface area contributed by atoms with E-state index in [1.807, 2.05) is 19.9 Å². The van der Waals surface area contributed by atoms with Gasteiger partial charge in [0.1, 0.15) is 0 Å². The number of carbonyl (C=O) groups excluding carboxylic acids is 4. The van der Waals surface area contributed by atoms with Gasteiger partial charge in [-0.2, -0.15) is 0 Å². The van der Waals surface area contributed by atoms with Crippen molar-refractivity contribution in [1.82, 2.24) is 0 Å². The third-order valence-corrected chi connectivity index (χ3v) is 5.34. The van der Waals surface area contributed by atoms with E-state index in [1.165, 1.54) is 18.2 Å². The molecule has 5 heteroatoms. The Balaban J connectivity index is 1.60. The van der Waals surface area contributed by atoms with E-state index >= 15 is 0 Å². The van der Waals surface area contributed by atoms with E-state index < -0.39 is 18.4 Å². The van der Waals surface area contributed by atoms with Gasteiger partial charge in [0.25, 0.3) is 0 Å². The molecule has 5 nitrogen and oxygen atoms in total. The minimum Gasteiger partial charge on any atom is -0.454 e. The van der Waals surface area contributed by atoms with Crippen molar-refractivity contribution >= 4 is 23.3 Å². The fourth-order valence-electron chi connectivity index (χ4n) is 3.52. The summed E-state index contributed by atoms with van der Waals surface area (Å²) < 4.78 is 5.20. The maximum atomic E-state index is 13.0. The highest BCUT2D eigenvalue weighted by atomic mass is 16.5. The summed E-state index contributed by atoms with van der Waals surface area (Å²) >= 11 is 0. The average Bonchev–Trinajstić information content (AvgIpc) is 2.77. The molecule has 148 valence electrons. The summed E-state index contributed by atoms with van der Waals surface area (Å²) in [5.41, 5.74) is 3.19. The molecule has 0 fully saturated rings. The quantitative estimate of drug-likeness (QED) is 0.382. The largest absolute Gasteiger partial charge is 0.454 e. The van der Waals surface area contributed by atoms with E-state index in [2.05, 4.69) is 0 Å². The summed E-state index contributed by atoms with van der Waals surface area (Å²) in [6, 6.07) is 16.2. The van der Waals surface area contributed by atoms with Gasteiger partial charge in [-0.1, -0.05) is 48.5 Å². The molecule has 3 aromatic carbocycles. The number of hydrogen-bond donors (Lipinski definition) is 0. The Bertz CT molecular complexity index is 1240. The molecule has 0 saturated heterocycles. The van der Waals surface area contributed by atoms with Crippen molar-refractivity contribution in [1.29, 1.82) is 0 Å². The molecule has 0 saturated carbocycles. The Hall–Kier alpha value is -3.86. The van der Waals surface area contributed by atoms with Crippen LogP contribution in [0.3, 0.4) is 0 Å². The SMILES string of the molecule is Cc1ccc(C(=O)COC(=O)c2cccc3c2C(=O)c2ccccc2C3=O)cc1C. The lowest BCUT2D eigenvalue weighted by Gasteiger charge is -2.19. The number of carbonyl (C=O) groups is 4. The Labute approximate surface area is 173 Å². The predicted molar refractivity (Wildman–Crippen MR) is 110 cm³/mol. The van der Waals surface area contributed by atoms with Crippen molar-refractivity contribution in [2.45, 2.75) is 13.8 Å². The zero-order chi connectivity index (χ0) is 21.4. The van der Waals surface area contributed by atoms with E-state index in [9.17, 15) is 19.2 Å². The van der Waals surface area contributed by atoms with Gasteiger partial charge >= 0.3 is 5.97 Å². The zero-order valence-electron chi connectivity index (χ0n) is 16.5. The molecular formula is C25H18O5. The Morgan fingerprint density at radius 3 is 2.13 bits per heavy atom. The molecule has 0 spiro atoms. The van der Waals surface area contributed by atoms with Gasteiger partial charge in [-0.05, 0) is 37.1 Å². The van der Waals surface area contributed by atoms with Gasteiger partial charge in [0, 0.05) is 27.8 Å². The Morgan fingerprint density at radius 1 is 0.767 bits per heavy atom. The molecule has 0 N–H and O–H groups in total. The topological polar surface area (TPSA) is 77.5 Å². The fourth-order valence-corrected chi connectivity index (χ4v) is 3.52. The molecule has 4 rings (SSSR count). The highest BCUT2D eigenvalue weighted by Crippen LogP contribution is 2.29. The summed E-state index contributed by atoms with van der Waals surface area (Å²) in [5.74, 6) is -1.89. The maximum Gasteiger partial charge on any atom is 0.339 e. The van der Waals surface area contributed by atoms with Crippen molar-refractivity contribution < 1.29 is 23.9 Å². The lowest BCUT2D eigenvalue weighted by atomic mass is 9.82. The third-order valence-electron chi connectivity index (χ3n) is 5.34. The fraction of sp³-hybridized carbons (Fsp3) is 0.120. The summed E-state index contributed by atoms with van der Waals surface area (Å²) in [4.78, 5) is 50.9. The lowest BCUT2D eigenvalue weighted by molar-refractivity contribution is 0.0473. The van der Waals surface area contributed by atoms with Crippen molar-refractivity contribution in [3.05, 3.63) is 105 Å². The molecule has 0 atom stereocenters. The van der Waals surface area contributed by atoms with Crippen LogP contribution in [0.2, 0.25) is 0 Å². The predicted octanol–water partition coefficient (Wildman–Crippen LogP) is 4.12. The summed E-state index contributed by atoms with van der Waals surface area (Å²) in [6.45, 7) is 3.39. The first-order valence-electron chi connectivity index (χ1n) is 9.47. The van der Waals surface area contributed by atoms with Crippen molar-refractivity contribution in [2.24, 2.45) is 0 Å². The number of esters is 1. The van der Waals surface area contributed by atoms with Gasteiger partial charge < -0.3 is 4.74 Å². The first-order chi connectivity index (χ1) is 14.4. The van der Waals surface area contributed by atoms with Crippen LogP contribution in [-0.4, -0.2) is 29.9 Å². The van der Waals surface area contributed by atoms with Gasteiger partial charge in [0.05, 0.1) is 5.56 Å². The van der Waals surface area contributed by atoms with Gasteiger partial charge in [-0.15, -0.1) is 0 Å². The smallest absolute Gasteiger partial charge is 0.339 e. The first-order valence-corrected chi connectivity index (χ1v) is 9.47. The molecule has 3 aromatic rings. The molecule has 0 amide bonds. The highest BCUT2D eigenvalue weighted by molar-refractivity contribution is 6.30. The van der Waals surface area contributed by atoms with Crippen LogP contribution >= 0.6 is 0 Å². The van der Waals surface area contributed by atoms with Gasteiger partial charge in [-0.25, -0.2) is 4.79 Å². The number of benzene rings is 3. The third kappa shape index (κ3) is 3.24. The molecule has 0 unspecified atom stereocenters. The number of ether oxygens (including phenoxy) is 1. The molecule has 0 radical (unpaired) electrons. The van der Waals surface area contributed by atoms with Crippen LogP contribution in [0, 0.1) is 13.8 Å². The number of hydrogen-bond acceptors (Lipinski definition) is 5. The second-order valence-electron chi connectivity index (χ2n) is 7.23. The van der Waals surface area contributed by atoms with E-state index in [4.69, 9.17) is 4.74 Å². The van der Waals surface area contributed by atoms with Crippen molar-refractivity contribution in [3.8, 4) is 0 Å². The molecule has 0 aromatic heterocycles. The number of aryl methyl sites for hydroxylation is 2. The standard InChI is InChI=1S/C25H18O5/c1-14-10-11-16(12-15(14)2)21(26)13-30-25(29)20-9-5-8-19-22(20)24(28)18-7-4-3-6-17(18)23(19)27/h3-12H,13H2,1-2H3. The maximum absolute atomic E-state index is 13.0. The zero-order valence-corrected chi connectivity index (χ0v) is 16.5.